The second-order valence-corrected chi connectivity index (χ2v) is 34.4. The SMILES string of the molecule is CC(C)C[C@H](NC(=O)OC(C)(C)C)C(=O)O.Cl.[2H]C(C)(C)C(C#N)C(=O)O.[2H]C(C)(C)CC#N.[2H]C(C)(C)CCN.[2H]C(C)(C)CCNC(=O)[C@@H](CC(=O)OC(C)(C)C)CC(C)C.[2H]C(C)(C)CCNC(=O)[C@@H](CC(=O)[C@H]1O[C@@H]1C(=O)O)CC(C)C.[2H]C(C)(C)CCNC(=O)[C@@H](CC(=O)[C@H]1O[C@@H]1C(=O)OCC)CC(C)C.[2H]C(C)(C)I. The molecule has 638 valence electrons. The highest BCUT2D eigenvalue weighted by atomic mass is 127. The molecule has 2 heterocycles. The van der Waals surface area contributed by atoms with E-state index in [0.717, 1.165) is 6.42 Å². The zero-order valence-corrected chi connectivity index (χ0v) is 74.6. The van der Waals surface area contributed by atoms with Crippen LogP contribution in [0.4, 0.5) is 4.79 Å². The van der Waals surface area contributed by atoms with E-state index in [4.69, 9.17) is 64.9 Å². The van der Waals surface area contributed by atoms with Crippen LogP contribution in [-0.2, 0) is 71.6 Å². The summed E-state index contributed by atoms with van der Waals surface area (Å²) >= 11 is 2.04. The van der Waals surface area contributed by atoms with Gasteiger partial charge in [0.05, 0.1) is 25.2 Å². The van der Waals surface area contributed by atoms with Crippen LogP contribution in [0.5, 0.6) is 0 Å². The summed E-state index contributed by atoms with van der Waals surface area (Å²) in [5, 5.41) is 53.1. The molecule has 2 aliphatic heterocycles. The number of carboxylic acids is 3. The molecule has 2 saturated heterocycles. The van der Waals surface area contributed by atoms with Crippen molar-refractivity contribution in [2.45, 2.75) is 323 Å². The third-order valence-electron chi connectivity index (χ3n) is 14.0. The number of nitrogens with two attached hydrogens (primary N) is 1. The van der Waals surface area contributed by atoms with Crippen LogP contribution in [0, 0.1) is 105 Å². The van der Waals surface area contributed by atoms with Crippen molar-refractivity contribution in [3.63, 3.8) is 0 Å². The maximum absolute atomic E-state index is 12.4. The van der Waals surface area contributed by atoms with Crippen LogP contribution < -0.4 is 27.0 Å². The van der Waals surface area contributed by atoms with Gasteiger partial charge in [-0.25, -0.2) is 19.2 Å². The first-order chi connectivity index (χ1) is 51.5. The molecular weight excluding hydrogens is 1540 g/mol. The number of rotatable bonds is 38. The molecule has 4 amide bonds. The van der Waals surface area contributed by atoms with E-state index in [-0.39, 0.29) is 107 Å². The first-order valence-corrected chi connectivity index (χ1v) is 38.5. The summed E-state index contributed by atoms with van der Waals surface area (Å²) in [5.41, 5.74) is 4.04. The Morgan fingerprint density at radius 1 is 0.514 bits per heavy atom. The topological polar surface area (TPSA) is 423 Å². The number of ether oxygens (including phenoxy) is 5. The molecule has 0 aromatic carbocycles. The molecule has 0 saturated carbocycles. The minimum atomic E-state index is -1.24. The number of nitrogens with zero attached hydrogens (tertiary/aromatic N) is 2. The molecule has 0 bridgehead atoms. The van der Waals surface area contributed by atoms with Crippen molar-refractivity contribution in [2.24, 2.45) is 88.4 Å². The summed E-state index contributed by atoms with van der Waals surface area (Å²) in [4.78, 5) is 128. The third-order valence-corrected chi connectivity index (χ3v) is 14.0. The lowest BCUT2D eigenvalue weighted by molar-refractivity contribution is -0.157. The zero-order chi connectivity index (χ0) is 92.2. The van der Waals surface area contributed by atoms with Gasteiger partial charge in [0, 0.05) is 70.1 Å². The summed E-state index contributed by atoms with van der Waals surface area (Å²) in [6, 6.07) is 2.58. The average Bonchev–Trinajstić information content (AvgIpc) is 1.65. The Hall–Kier alpha value is -5.75. The predicted octanol–water partition coefficient (Wildman–Crippen LogP) is 14.9. The van der Waals surface area contributed by atoms with Crippen LogP contribution in [0.3, 0.4) is 0 Å². The number of alkyl carbamates (subject to hydrolysis) is 1. The highest BCUT2D eigenvalue weighted by molar-refractivity contribution is 14.1. The van der Waals surface area contributed by atoms with Gasteiger partial charge >= 0.3 is 35.9 Å². The Kier molecular flexibility index (Phi) is 60.1. The van der Waals surface area contributed by atoms with Gasteiger partial charge in [-0.3, -0.25) is 33.6 Å². The van der Waals surface area contributed by atoms with Crippen LogP contribution in [0.15, 0.2) is 0 Å². The summed E-state index contributed by atoms with van der Waals surface area (Å²) in [7, 11) is 0. The van der Waals surface area contributed by atoms with Gasteiger partial charge in [-0.05, 0) is 165 Å². The molecule has 0 aromatic heterocycles. The Labute approximate surface area is 686 Å². The molecule has 0 spiro atoms. The van der Waals surface area contributed by atoms with Gasteiger partial charge in [-0.1, -0.05) is 175 Å². The van der Waals surface area contributed by atoms with Gasteiger partial charge < -0.3 is 66.0 Å². The summed E-state index contributed by atoms with van der Waals surface area (Å²) in [5.74, 6) is -10.8. The van der Waals surface area contributed by atoms with Crippen molar-refractivity contribution in [1.29, 1.82) is 10.5 Å². The van der Waals surface area contributed by atoms with Gasteiger partial charge in [-0.2, -0.15) is 10.5 Å². The number of hydrogen-bond donors (Lipinski definition) is 8. The zero-order valence-electron chi connectivity index (χ0n) is 78.7. The van der Waals surface area contributed by atoms with E-state index in [1.54, 1.807) is 75.3 Å². The number of nitriles is 2. The van der Waals surface area contributed by atoms with Crippen molar-refractivity contribution < 1.29 is 101 Å². The van der Waals surface area contributed by atoms with E-state index in [1.165, 1.54) is 13.8 Å². The summed E-state index contributed by atoms with van der Waals surface area (Å²) in [6.45, 7) is 54.6. The van der Waals surface area contributed by atoms with Gasteiger partial charge in [0.15, 0.2) is 36.0 Å². The molecule has 109 heavy (non-hydrogen) atoms. The van der Waals surface area contributed by atoms with Crippen molar-refractivity contribution in [3.8, 4) is 12.1 Å². The third kappa shape index (κ3) is 74.7. The van der Waals surface area contributed by atoms with Gasteiger partial charge in [0.25, 0.3) is 0 Å². The van der Waals surface area contributed by atoms with Gasteiger partial charge in [-0.15, -0.1) is 12.4 Å². The van der Waals surface area contributed by atoms with Crippen molar-refractivity contribution in [3.05, 3.63) is 0 Å². The minimum absolute atomic E-state index is 0. The predicted molar refractivity (Wildman–Crippen MR) is 439 cm³/mol. The lowest BCUT2D eigenvalue weighted by Gasteiger charge is -2.23. The fraction of sp³-hybridized carbons (Fsp3) is 0.840. The molecule has 0 radical (unpaired) electrons. The second kappa shape index (κ2) is 64.7. The molecule has 2 aliphatic rings. The number of esters is 2. The molecule has 1 unspecified atom stereocenters. The second-order valence-electron chi connectivity index (χ2n) is 32.2. The number of nitrogens with one attached hydrogen (secondary N) is 4. The Bertz CT molecular complexity index is 3000. The lowest BCUT2D eigenvalue weighted by Crippen LogP contribution is -2.44. The van der Waals surface area contributed by atoms with Crippen molar-refractivity contribution in [1.82, 2.24) is 21.3 Å². The van der Waals surface area contributed by atoms with Crippen LogP contribution in [0.2, 0.25) is 0 Å². The maximum Gasteiger partial charge on any atom is 0.408 e. The lowest BCUT2D eigenvalue weighted by atomic mass is 9.90. The number of amides is 4. The van der Waals surface area contributed by atoms with Crippen LogP contribution in [0.1, 0.15) is 287 Å². The van der Waals surface area contributed by atoms with Crippen LogP contribution >= 0.6 is 35.0 Å². The molecule has 0 aliphatic carbocycles. The van der Waals surface area contributed by atoms with Crippen molar-refractivity contribution in [2.75, 3.05) is 32.8 Å². The van der Waals surface area contributed by atoms with Gasteiger partial charge in [0.2, 0.25) is 17.7 Å². The maximum atomic E-state index is 12.4. The van der Waals surface area contributed by atoms with E-state index in [9.17, 15) is 52.7 Å². The quantitative estimate of drug-likeness (QED) is 0.00935. The largest absolute Gasteiger partial charge is 0.480 e. The molecule has 9 atom stereocenters. The number of aliphatic carboxylic acids is 3. The molecular formula is C81H151ClIN7O19. The van der Waals surface area contributed by atoms with Crippen molar-refractivity contribution >= 4 is 100 Å². The number of carbonyl (C=O) groups is 11. The van der Waals surface area contributed by atoms with Crippen LogP contribution in [-0.4, -0.2) is 159 Å². The first-order valence-electron chi connectivity index (χ1n) is 40.9. The Morgan fingerprint density at radius 3 is 1.07 bits per heavy atom. The average molecular weight is 1700 g/mol. The molecule has 2 fully saturated rings. The standard InChI is InChI=1S/C18H31NO5.C17H33NO3.C16H27NO5.C11H21NO4.C6H9NO2.C5H13N.C5H9N.C3H7I.ClH/c1-6-23-18(22)16-15(24-16)14(20)10-13(9-12(4)5)17(21)19-8-7-11(2)3;1-12(2)8-9-18-16(20)14(10-13(3)4)11-15(19)21-17(5,6)7;1-9(2)5-6-17-15(19)11(7-10(3)4)8-12(18)13-14(22-13)16(20)21;1-7(2)6-8(9(13)14)12-10(15)16-11(3,4)5;1-4(2)5(3-7)6(8)9;2*1-5(2)3-4-6;1-3(2)4;/h11-13,15-16H,6-10H2,1-5H3,(H,19,21);12-14H,8-11H2,1-7H3,(H,18,20);9-11,13-14H,5-8H2,1-4H3,(H,17,19)(H,20,21);7-8H,6H2,1-5H3,(H,12,15)(H,13,14);4-5H,1-2H3,(H,8,9);5H,3-4,6H2,1-2H3;5H,3H2,1-2H3;3H,1-2H3;1H/t13-,15-,16+;14-;11-,13-,14+;8-;;;;;/m1110...../s1/i11D;12D;9D;;4D;2*5D;3D;. The normalized spacial score (nSPS) is 17.5. The van der Waals surface area contributed by atoms with E-state index in [0.29, 0.717) is 83.5 Å². The first kappa shape index (κ1) is 101. The Balaban J connectivity index is -0.000000246. The number of carboxylic acid groups (broad SMARTS) is 3. The molecule has 26 nitrogen and oxygen atoms in total. The smallest absolute Gasteiger partial charge is 0.408 e. The molecule has 0 aromatic rings. The van der Waals surface area contributed by atoms with E-state index >= 15 is 0 Å². The highest BCUT2D eigenvalue weighted by Gasteiger charge is 2.52. The van der Waals surface area contributed by atoms with E-state index < -0.39 is 119 Å². The number of carbonyl (C=O) groups excluding carboxylic acids is 8. The van der Waals surface area contributed by atoms with Gasteiger partial charge in [0.1, 0.15) is 23.2 Å². The Morgan fingerprint density at radius 2 is 0.853 bits per heavy atom. The minimum Gasteiger partial charge on any atom is -0.480 e. The van der Waals surface area contributed by atoms with Crippen LogP contribution in [0.25, 0.3) is 0 Å². The fourth-order valence-electron chi connectivity index (χ4n) is 8.93. The molecule has 28 heteroatoms. The molecule has 9 N–H and O–H groups in total. The number of hydrogen-bond acceptors (Lipinski definition) is 19. The van der Waals surface area contributed by atoms with E-state index in [1.807, 2.05) is 146 Å². The summed E-state index contributed by atoms with van der Waals surface area (Å²) in [6.07, 6.45) is 0.772. The number of alkyl halides is 1. The van der Waals surface area contributed by atoms with E-state index in [2.05, 4.69) is 21.3 Å². The number of ketones is 2. The fourth-order valence-corrected chi connectivity index (χ4v) is 8.93. The number of Topliss-reactive ketones (excluding diaryl/α,β-unsaturated/α-hetero) is 2. The number of halogens is 2. The monoisotopic (exact) mass is 1700 g/mol. The number of epoxide rings is 2. The highest BCUT2D eigenvalue weighted by Crippen LogP contribution is 2.30. The summed E-state index contributed by atoms with van der Waals surface area (Å²) < 4.78 is 76.7. The molecule has 2 rings (SSSR count).